The highest BCUT2D eigenvalue weighted by Gasteiger charge is 2.19. The molecule has 0 saturated carbocycles. The number of hydrogen-bond acceptors (Lipinski definition) is 4. The van der Waals surface area contributed by atoms with Gasteiger partial charge in [0.2, 0.25) is 5.91 Å². The number of thioether (sulfide) groups is 1. The van der Waals surface area contributed by atoms with Crippen LogP contribution in [0.15, 0.2) is 35.5 Å². The number of carbonyl (C=O) groups is 1. The molecule has 1 heterocycles. The highest BCUT2D eigenvalue weighted by atomic mass is 32.2. The summed E-state index contributed by atoms with van der Waals surface area (Å²) >= 11 is 1.42. The number of nitrogens with zero attached hydrogens (tertiary/aromatic N) is 3. The summed E-state index contributed by atoms with van der Waals surface area (Å²) in [6.07, 6.45) is 0. The van der Waals surface area contributed by atoms with E-state index in [4.69, 9.17) is 0 Å². The summed E-state index contributed by atoms with van der Waals surface area (Å²) < 4.78 is 1.92. The lowest BCUT2D eigenvalue weighted by molar-refractivity contribution is -0.120. The van der Waals surface area contributed by atoms with Crippen LogP contribution in [0.2, 0.25) is 0 Å². The van der Waals surface area contributed by atoms with Crippen molar-refractivity contribution in [1.29, 1.82) is 0 Å². The number of aromatic nitrogens is 3. The highest BCUT2D eigenvalue weighted by molar-refractivity contribution is 8.00. The van der Waals surface area contributed by atoms with Gasteiger partial charge in [-0.3, -0.25) is 4.79 Å². The van der Waals surface area contributed by atoms with Crippen LogP contribution in [0.1, 0.15) is 20.8 Å². The lowest BCUT2D eigenvalue weighted by Crippen LogP contribution is -2.33. The van der Waals surface area contributed by atoms with Crippen molar-refractivity contribution in [3.05, 3.63) is 30.3 Å². The summed E-state index contributed by atoms with van der Waals surface area (Å²) in [5.41, 5.74) is 1.02. The smallest absolute Gasteiger partial charge is 0.233 e. The molecule has 118 valence electrons. The van der Waals surface area contributed by atoms with E-state index in [-0.39, 0.29) is 11.2 Å². The van der Waals surface area contributed by atoms with Crippen molar-refractivity contribution in [3.63, 3.8) is 0 Å². The van der Waals surface area contributed by atoms with Crippen LogP contribution in [0, 0.1) is 5.92 Å². The van der Waals surface area contributed by atoms with Crippen molar-refractivity contribution >= 4 is 17.7 Å². The normalized spacial score (nSPS) is 12.4. The molecule has 2 aromatic rings. The first-order valence-corrected chi connectivity index (χ1v) is 8.26. The number of carbonyl (C=O) groups excluding carboxylic acids is 1. The second-order valence-corrected chi connectivity index (χ2v) is 6.94. The van der Waals surface area contributed by atoms with Crippen molar-refractivity contribution in [2.45, 2.75) is 31.2 Å². The van der Waals surface area contributed by atoms with Gasteiger partial charge in [-0.2, -0.15) is 0 Å². The summed E-state index contributed by atoms with van der Waals surface area (Å²) in [4.78, 5) is 12.1. The molecule has 0 aliphatic carbocycles. The van der Waals surface area contributed by atoms with Gasteiger partial charge >= 0.3 is 0 Å². The zero-order chi connectivity index (χ0) is 16.1. The topological polar surface area (TPSA) is 59.8 Å². The Labute approximate surface area is 135 Å². The molecule has 0 radical (unpaired) electrons. The van der Waals surface area contributed by atoms with Gasteiger partial charge in [0.15, 0.2) is 11.0 Å². The zero-order valence-corrected chi connectivity index (χ0v) is 14.2. The first-order chi connectivity index (χ1) is 10.5. The maximum absolute atomic E-state index is 12.1. The lowest BCUT2D eigenvalue weighted by Gasteiger charge is -2.12. The third-order valence-electron chi connectivity index (χ3n) is 3.20. The second kappa shape index (κ2) is 7.45. The molecule has 0 bridgehead atoms. The van der Waals surface area contributed by atoms with Crippen LogP contribution in [-0.2, 0) is 11.8 Å². The maximum atomic E-state index is 12.1. The van der Waals surface area contributed by atoms with Crippen molar-refractivity contribution in [1.82, 2.24) is 20.1 Å². The van der Waals surface area contributed by atoms with Crippen molar-refractivity contribution in [2.24, 2.45) is 13.0 Å². The molecule has 0 aliphatic rings. The number of benzene rings is 1. The van der Waals surface area contributed by atoms with Crippen LogP contribution < -0.4 is 5.32 Å². The minimum atomic E-state index is -0.203. The summed E-state index contributed by atoms with van der Waals surface area (Å²) in [6.45, 7) is 6.73. The van der Waals surface area contributed by atoms with E-state index in [1.54, 1.807) is 0 Å². The van der Waals surface area contributed by atoms with E-state index in [1.165, 1.54) is 11.8 Å². The van der Waals surface area contributed by atoms with Crippen molar-refractivity contribution in [3.8, 4) is 11.4 Å². The van der Waals surface area contributed by atoms with E-state index in [9.17, 15) is 4.79 Å². The minimum Gasteiger partial charge on any atom is -0.355 e. The Morgan fingerprint density at radius 1 is 1.23 bits per heavy atom. The van der Waals surface area contributed by atoms with Crippen LogP contribution in [-0.4, -0.2) is 32.5 Å². The van der Waals surface area contributed by atoms with Gasteiger partial charge in [-0.25, -0.2) is 0 Å². The summed E-state index contributed by atoms with van der Waals surface area (Å²) in [5.74, 6) is 1.28. The Hall–Kier alpha value is -1.82. The molecule has 1 aromatic heterocycles. The average molecular weight is 318 g/mol. The first kappa shape index (κ1) is 16.5. The fraction of sp³-hybridized carbons (Fsp3) is 0.438. The zero-order valence-electron chi connectivity index (χ0n) is 13.4. The van der Waals surface area contributed by atoms with E-state index < -0.39 is 0 Å². The van der Waals surface area contributed by atoms with Gasteiger partial charge in [-0.1, -0.05) is 55.9 Å². The quantitative estimate of drug-likeness (QED) is 0.832. The van der Waals surface area contributed by atoms with Gasteiger partial charge in [-0.15, -0.1) is 10.2 Å². The Balaban J connectivity index is 2.05. The molecule has 0 unspecified atom stereocenters. The average Bonchev–Trinajstić information content (AvgIpc) is 2.86. The van der Waals surface area contributed by atoms with Gasteiger partial charge in [-0.05, 0) is 12.8 Å². The third-order valence-corrected chi connectivity index (χ3v) is 4.34. The molecular weight excluding hydrogens is 296 g/mol. The van der Waals surface area contributed by atoms with Gasteiger partial charge in [0.05, 0.1) is 5.25 Å². The van der Waals surface area contributed by atoms with Gasteiger partial charge in [0.1, 0.15) is 0 Å². The predicted molar refractivity (Wildman–Crippen MR) is 89.6 cm³/mol. The molecule has 0 saturated heterocycles. The molecule has 22 heavy (non-hydrogen) atoms. The number of amides is 1. The van der Waals surface area contributed by atoms with Gasteiger partial charge in [0.25, 0.3) is 0 Å². The molecule has 0 aliphatic heterocycles. The summed E-state index contributed by atoms with van der Waals surface area (Å²) in [6, 6.07) is 9.91. The van der Waals surface area contributed by atoms with Gasteiger partial charge in [0, 0.05) is 19.2 Å². The third kappa shape index (κ3) is 4.10. The molecule has 5 nitrogen and oxygen atoms in total. The van der Waals surface area contributed by atoms with E-state index in [2.05, 4.69) is 29.4 Å². The maximum Gasteiger partial charge on any atom is 0.233 e. The summed E-state index contributed by atoms with van der Waals surface area (Å²) in [7, 11) is 1.92. The number of hydrogen-bond donors (Lipinski definition) is 1. The largest absolute Gasteiger partial charge is 0.355 e. The highest BCUT2D eigenvalue weighted by Crippen LogP contribution is 2.25. The van der Waals surface area contributed by atoms with E-state index in [1.807, 2.05) is 48.9 Å². The minimum absolute atomic E-state index is 0.0305. The number of nitrogens with one attached hydrogen (secondary N) is 1. The molecule has 2 rings (SSSR count). The summed E-state index contributed by atoms with van der Waals surface area (Å²) in [5, 5.41) is 11.9. The Morgan fingerprint density at radius 2 is 1.91 bits per heavy atom. The van der Waals surface area contributed by atoms with Crippen molar-refractivity contribution in [2.75, 3.05) is 6.54 Å². The molecule has 1 atom stereocenters. The monoisotopic (exact) mass is 318 g/mol. The van der Waals surface area contributed by atoms with Crippen LogP contribution >= 0.6 is 11.8 Å². The molecule has 1 amide bonds. The Morgan fingerprint density at radius 3 is 2.55 bits per heavy atom. The molecular formula is C16H22N4OS. The number of rotatable bonds is 6. The van der Waals surface area contributed by atoms with Gasteiger partial charge < -0.3 is 9.88 Å². The Bertz CT molecular complexity index is 624. The SMILES string of the molecule is CC(C)CNC(=O)[C@H](C)Sc1nnc(-c2ccccc2)n1C. The Kier molecular flexibility index (Phi) is 5.60. The van der Waals surface area contributed by atoms with E-state index in [0.717, 1.165) is 16.5 Å². The van der Waals surface area contributed by atoms with Crippen LogP contribution in [0.25, 0.3) is 11.4 Å². The van der Waals surface area contributed by atoms with Crippen LogP contribution in [0.3, 0.4) is 0 Å². The fourth-order valence-electron chi connectivity index (χ4n) is 1.92. The van der Waals surface area contributed by atoms with Crippen LogP contribution in [0.5, 0.6) is 0 Å². The molecule has 6 heteroatoms. The van der Waals surface area contributed by atoms with Crippen molar-refractivity contribution < 1.29 is 4.79 Å². The lowest BCUT2D eigenvalue weighted by atomic mass is 10.2. The molecule has 1 aromatic carbocycles. The first-order valence-electron chi connectivity index (χ1n) is 7.38. The van der Waals surface area contributed by atoms with E-state index >= 15 is 0 Å². The fourth-order valence-corrected chi connectivity index (χ4v) is 2.76. The molecule has 1 N–H and O–H groups in total. The van der Waals surface area contributed by atoms with E-state index in [0.29, 0.717) is 12.5 Å². The molecule has 0 spiro atoms. The molecule has 0 fully saturated rings. The predicted octanol–water partition coefficient (Wildman–Crippen LogP) is 2.73. The second-order valence-electron chi connectivity index (χ2n) is 5.63. The van der Waals surface area contributed by atoms with Crippen LogP contribution in [0.4, 0.5) is 0 Å². The standard InChI is InChI=1S/C16H22N4OS/c1-11(2)10-17-15(21)12(3)22-16-19-18-14(20(16)4)13-8-6-5-7-9-13/h5-9,11-12H,10H2,1-4H3,(H,17,21)/t12-/m0/s1.